The number of benzene rings is 1. The number of rotatable bonds is 1. The van der Waals surface area contributed by atoms with Crippen LogP contribution in [0.5, 0.6) is 11.5 Å². The number of phenolic OH excluding ortho intramolecular Hbond substituents is 2. The van der Waals surface area contributed by atoms with Gasteiger partial charge < -0.3 is 14.9 Å². The largest absolute Gasteiger partial charge is 0.504 e. The molecule has 2 N–H and O–H groups in total. The average molecular weight is 359 g/mol. The van der Waals surface area contributed by atoms with Crippen molar-refractivity contribution in [1.29, 1.82) is 0 Å². The molecule has 2 spiro atoms. The third-order valence-corrected chi connectivity index (χ3v) is 8.30. The summed E-state index contributed by atoms with van der Waals surface area (Å²) in [5, 5.41) is 21.6. The van der Waals surface area contributed by atoms with Crippen LogP contribution in [-0.4, -0.2) is 15.1 Å². The van der Waals surface area contributed by atoms with Crippen molar-refractivity contribution in [3.05, 3.63) is 22.8 Å². The molecule has 3 nitrogen and oxygen atoms in total. The second kappa shape index (κ2) is 4.40. The van der Waals surface area contributed by atoms with E-state index in [0.29, 0.717) is 5.92 Å². The molecule has 2 heterocycles. The predicted molar refractivity (Wildman–Crippen MR) is 100 cm³/mol. The quantitative estimate of drug-likeness (QED) is 0.542. The fourth-order valence-corrected chi connectivity index (χ4v) is 7.13. The molecule has 5 rings (SSSR count). The van der Waals surface area contributed by atoms with Crippen LogP contribution in [0.3, 0.4) is 0 Å². The van der Waals surface area contributed by atoms with Crippen molar-refractivity contribution in [3.63, 3.8) is 0 Å². The molecular formula is C21H26O3S. The number of hydrogen-bond donors (Lipinski definition) is 2. The maximum absolute atomic E-state index is 10.9. The summed E-state index contributed by atoms with van der Waals surface area (Å²) in [5.41, 5.74) is 2.10. The Labute approximate surface area is 154 Å². The molecule has 1 unspecified atom stereocenters. The molecule has 1 aromatic carbocycles. The van der Waals surface area contributed by atoms with Crippen molar-refractivity contribution in [2.75, 3.05) is 0 Å². The first-order valence-electron chi connectivity index (χ1n) is 9.50. The third kappa shape index (κ3) is 1.52. The van der Waals surface area contributed by atoms with Gasteiger partial charge >= 0.3 is 0 Å². The first-order valence-corrected chi connectivity index (χ1v) is 9.91. The summed E-state index contributed by atoms with van der Waals surface area (Å²) in [6.07, 6.45) is 4.35. The van der Waals surface area contributed by atoms with Gasteiger partial charge in [-0.05, 0) is 48.1 Å². The molecule has 3 fully saturated rings. The Morgan fingerprint density at radius 2 is 1.92 bits per heavy atom. The highest BCUT2D eigenvalue weighted by atomic mass is 32.1. The summed E-state index contributed by atoms with van der Waals surface area (Å²) in [4.78, 5) is 0.964. The molecule has 1 aromatic rings. The number of hydrogen-bond acceptors (Lipinski definition) is 4. The maximum Gasteiger partial charge on any atom is 0.164 e. The fraction of sp³-hybridized carbons (Fsp3) is 0.667. The Balaban J connectivity index is 1.77. The van der Waals surface area contributed by atoms with Gasteiger partial charge in [-0.1, -0.05) is 46.3 Å². The van der Waals surface area contributed by atoms with Crippen molar-refractivity contribution in [1.82, 2.24) is 0 Å². The molecule has 0 aromatic heterocycles. The maximum atomic E-state index is 10.9. The van der Waals surface area contributed by atoms with Crippen molar-refractivity contribution >= 4 is 17.1 Å². The Hall–Kier alpha value is -1.13. The van der Waals surface area contributed by atoms with E-state index in [4.69, 9.17) is 17.0 Å². The lowest BCUT2D eigenvalue weighted by Gasteiger charge is -2.48. The van der Waals surface area contributed by atoms with Gasteiger partial charge in [0.2, 0.25) is 0 Å². The summed E-state index contributed by atoms with van der Waals surface area (Å²) in [6, 6.07) is 2.06. The smallest absolute Gasteiger partial charge is 0.164 e. The van der Waals surface area contributed by atoms with E-state index in [0.717, 1.165) is 40.8 Å². The van der Waals surface area contributed by atoms with E-state index in [1.54, 1.807) is 0 Å². The SMILES string of the molecule is CC(C)c1cc2c(c(O)c1O)[C@]13O[C@H]2CC2C(C)(C)CCC[C@@]21C3=S. The predicted octanol–water partition coefficient (Wildman–Crippen LogP) is 5.09. The standard InChI is InChI=1S/C21H26O3S/c1-10(2)11-8-12-13-9-14-19(3,4)6-5-7-20(14)18(25)21(20,24-13)15(12)17(23)16(11)22/h8,10,13-14,22-23H,5-7,9H2,1-4H3/t13-,14?,20-,21+/m0/s1. The van der Waals surface area contributed by atoms with E-state index < -0.39 is 5.60 Å². The Kier molecular flexibility index (Phi) is 2.83. The normalized spacial score (nSPS) is 39.8. The zero-order valence-corrected chi connectivity index (χ0v) is 16.2. The number of phenols is 2. The summed E-state index contributed by atoms with van der Waals surface area (Å²) in [6.45, 7) is 8.79. The first kappa shape index (κ1) is 16.1. The van der Waals surface area contributed by atoms with E-state index in [-0.39, 0.29) is 34.4 Å². The van der Waals surface area contributed by atoms with Gasteiger partial charge in [0, 0.05) is 21.4 Å². The number of thiocarbonyl (C=S) groups is 1. The van der Waals surface area contributed by atoms with Crippen LogP contribution in [0.4, 0.5) is 0 Å². The van der Waals surface area contributed by atoms with Gasteiger partial charge in [0.15, 0.2) is 11.5 Å². The lowest BCUT2D eigenvalue weighted by atomic mass is 9.58. The molecule has 0 amide bonds. The minimum absolute atomic E-state index is 0.00644. The Morgan fingerprint density at radius 1 is 1.20 bits per heavy atom. The highest BCUT2D eigenvalue weighted by Gasteiger charge is 2.85. The summed E-state index contributed by atoms with van der Waals surface area (Å²) >= 11 is 5.90. The molecule has 134 valence electrons. The van der Waals surface area contributed by atoms with Crippen molar-refractivity contribution in [2.24, 2.45) is 16.7 Å². The zero-order chi connectivity index (χ0) is 17.9. The molecule has 0 radical (unpaired) electrons. The van der Waals surface area contributed by atoms with E-state index in [1.165, 1.54) is 6.42 Å². The van der Waals surface area contributed by atoms with Crippen LogP contribution in [0, 0.1) is 16.7 Å². The molecular weight excluding hydrogens is 332 g/mol. The molecule has 2 aliphatic carbocycles. The molecule has 4 aliphatic rings. The minimum atomic E-state index is -0.639. The number of aromatic hydroxyl groups is 2. The van der Waals surface area contributed by atoms with E-state index >= 15 is 0 Å². The van der Waals surface area contributed by atoms with Crippen molar-refractivity contribution in [3.8, 4) is 11.5 Å². The summed E-state index contributed by atoms with van der Waals surface area (Å²) < 4.78 is 6.55. The van der Waals surface area contributed by atoms with Gasteiger partial charge in [-0.2, -0.15) is 0 Å². The lowest BCUT2D eigenvalue weighted by molar-refractivity contribution is -0.137. The molecule has 4 atom stereocenters. The van der Waals surface area contributed by atoms with Crippen molar-refractivity contribution in [2.45, 2.75) is 71.0 Å². The highest BCUT2D eigenvalue weighted by Crippen LogP contribution is 2.82. The highest BCUT2D eigenvalue weighted by molar-refractivity contribution is 7.81. The van der Waals surface area contributed by atoms with Crippen LogP contribution >= 0.6 is 12.2 Å². The van der Waals surface area contributed by atoms with Gasteiger partial charge in [-0.15, -0.1) is 0 Å². The molecule has 1 saturated heterocycles. The van der Waals surface area contributed by atoms with Crippen LogP contribution in [0.25, 0.3) is 0 Å². The van der Waals surface area contributed by atoms with Gasteiger partial charge in [0.1, 0.15) is 5.60 Å². The fourth-order valence-electron chi connectivity index (χ4n) is 6.46. The molecule has 2 saturated carbocycles. The number of fused-ring (bicyclic) bond motifs is 3. The van der Waals surface area contributed by atoms with Crippen LogP contribution < -0.4 is 0 Å². The van der Waals surface area contributed by atoms with Gasteiger partial charge in [0.05, 0.1) is 6.10 Å². The Bertz CT molecular complexity index is 827. The minimum Gasteiger partial charge on any atom is -0.504 e. The monoisotopic (exact) mass is 358 g/mol. The topological polar surface area (TPSA) is 49.7 Å². The van der Waals surface area contributed by atoms with Crippen molar-refractivity contribution < 1.29 is 14.9 Å². The van der Waals surface area contributed by atoms with E-state index in [1.807, 2.05) is 13.8 Å². The van der Waals surface area contributed by atoms with Gasteiger partial charge in [0.25, 0.3) is 0 Å². The average Bonchev–Trinajstić information content (AvgIpc) is 2.92. The molecule has 4 heteroatoms. The Morgan fingerprint density at radius 3 is 2.60 bits per heavy atom. The summed E-state index contributed by atoms with van der Waals surface area (Å²) in [5.74, 6) is 0.645. The zero-order valence-electron chi connectivity index (χ0n) is 15.3. The van der Waals surface area contributed by atoms with Crippen LogP contribution in [0.15, 0.2) is 6.07 Å². The van der Waals surface area contributed by atoms with E-state index in [9.17, 15) is 10.2 Å². The second-order valence-electron chi connectivity index (χ2n) is 9.50. The molecule has 2 bridgehead atoms. The summed E-state index contributed by atoms with van der Waals surface area (Å²) in [7, 11) is 0. The van der Waals surface area contributed by atoms with Gasteiger partial charge in [-0.25, -0.2) is 0 Å². The van der Waals surface area contributed by atoms with Crippen LogP contribution in [0.1, 0.15) is 82.1 Å². The third-order valence-electron chi connectivity index (χ3n) is 7.65. The van der Waals surface area contributed by atoms with Crippen LogP contribution in [-0.2, 0) is 10.3 Å². The molecule has 25 heavy (non-hydrogen) atoms. The van der Waals surface area contributed by atoms with Gasteiger partial charge in [-0.3, -0.25) is 0 Å². The number of ether oxygens (including phenoxy) is 1. The lowest BCUT2D eigenvalue weighted by Crippen LogP contribution is -2.43. The molecule has 2 aliphatic heterocycles. The second-order valence-corrected chi connectivity index (χ2v) is 9.91. The van der Waals surface area contributed by atoms with E-state index in [2.05, 4.69) is 19.9 Å². The van der Waals surface area contributed by atoms with Crippen LogP contribution in [0.2, 0.25) is 0 Å². The first-order chi connectivity index (χ1) is 11.7.